The topological polar surface area (TPSA) is 71.1 Å². The molecule has 0 radical (unpaired) electrons. The number of rotatable bonds is 7. The van der Waals surface area contributed by atoms with Gasteiger partial charge in [0.2, 0.25) is 0 Å². The number of aryl methyl sites for hydroxylation is 1. The van der Waals surface area contributed by atoms with E-state index in [4.69, 9.17) is 0 Å². The van der Waals surface area contributed by atoms with Crippen molar-refractivity contribution in [2.75, 3.05) is 11.3 Å². The number of aromatic nitrogens is 1. The molecule has 0 saturated carbocycles. The quantitative estimate of drug-likeness (QED) is 0.768. The third kappa shape index (κ3) is 4.52. The van der Waals surface area contributed by atoms with E-state index < -0.39 is 10.0 Å². The van der Waals surface area contributed by atoms with Crippen LogP contribution >= 0.6 is 11.3 Å². The smallest absolute Gasteiger partial charge is 0.262 e. The lowest BCUT2D eigenvalue weighted by molar-refractivity contribution is 0.601. The third-order valence-corrected chi connectivity index (χ3v) is 5.24. The number of nitrogens with zero attached hydrogens (tertiary/aromatic N) is 1. The van der Waals surface area contributed by atoms with E-state index >= 15 is 0 Å². The molecule has 0 saturated heterocycles. The molecule has 2 aromatic rings. The minimum atomic E-state index is -3.55. The fourth-order valence-electron chi connectivity index (χ4n) is 1.81. The van der Waals surface area contributed by atoms with Crippen molar-refractivity contribution >= 4 is 27.0 Å². The Hall–Kier alpha value is -1.44. The molecule has 0 aliphatic heterocycles. The predicted molar refractivity (Wildman–Crippen MR) is 86.1 cm³/mol. The van der Waals surface area contributed by atoms with Gasteiger partial charge < -0.3 is 5.32 Å². The highest BCUT2D eigenvalue weighted by atomic mass is 32.2. The summed E-state index contributed by atoms with van der Waals surface area (Å²) >= 11 is 1.44. The summed E-state index contributed by atoms with van der Waals surface area (Å²) in [5.74, 6) is 0. The van der Waals surface area contributed by atoms with Crippen LogP contribution in [-0.2, 0) is 16.6 Å². The molecule has 0 spiro atoms. The molecule has 0 aliphatic carbocycles. The zero-order chi connectivity index (χ0) is 15.3. The van der Waals surface area contributed by atoms with Crippen LogP contribution in [0.25, 0.3) is 0 Å². The van der Waals surface area contributed by atoms with Crippen molar-refractivity contribution in [3.63, 3.8) is 0 Å². The Labute approximate surface area is 129 Å². The maximum Gasteiger partial charge on any atom is 0.262 e. The summed E-state index contributed by atoms with van der Waals surface area (Å²) in [6.07, 6.45) is 4.24. The zero-order valence-corrected chi connectivity index (χ0v) is 13.7. The summed E-state index contributed by atoms with van der Waals surface area (Å²) in [5.41, 5.74) is 1.39. The van der Waals surface area contributed by atoms with Gasteiger partial charge in [0.25, 0.3) is 10.0 Å². The van der Waals surface area contributed by atoms with E-state index in [1.807, 2.05) is 6.92 Å². The van der Waals surface area contributed by atoms with Gasteiger partial charge in [0, 0.05) is 23.0 Å². The lowest BCUT2D eigenvalue weighted by Gasteiger charge is -2.06. The number of sulfonamides is 1. The number of hydrogen-bond acceptors (Lipinski definition) is 5. The standard InChI is InChI=1S/C14H19N3O2S2/c1-3-4-15-9-13-6-14(10-20-13)21(18,19)17-12-5-11(2)7-16-8-12/h5-8,10,15,17H,3-4,9H2,1-2H3. The van der Waals surface area contributed by atoms with Gasteiger partial charge in [-0.3, -0.25) is 9.71 Å². The van der Waals surface area contributed by atoms with E-state index in [-0.39, 0.29) is 0 Å². The Bertz CT molecular complexity index is 696. The van der Waals surface area contributed by atoms with E-state index in [0.29, 0.717) is 17.1 Å². The summed E-state index contributed by atoms with van der Waals surface area (Å²) in [5, 5.41) is 4.92. The lowest BCUT2D eigenvalue weighted by atomic mass is 10.3. The van der Waals surface area contributed by atoms with Gasteiger partial charge in [-0.15, -0.1) is 11.3 Å². The second-order valence-electron chi connectivity index (χ2n) is 4.78. The van der Waals surface area contributed by atoms with E-state index in [1.54, 1.807) is 23.7 Å². The van der Waals surface area contributed by atoms with Gasteiger partial charge in [0.1, 0.15) is 0 Å². The highest BCUT2D eigenvalue weighted by Crippen LogP contribution is 2.22. The minimum absolute atomic E-state index is 0.294. The zero-order valence-electron chi connectivity index (χ0n) is 12.1. The van der Waals surface area contributed by atoms with E-state index in [9.17, 15) is 8.42 Å². The van der Waals surface area contributed by atoms with Crippen molar-refractivity contribution < 1.29 is 8.42 Å². The first-order chi connectivity index (χ1) is 10.0. The second kappa shape index (κ2) is 7.02. The van der Waals surface area contributed by atoms with Gasteiger partial charge in [-0.1, -0.05) is 6.92 Å². The van der Waals surface area contributed by atoms with Crippen molar-refractivity contribution in [2.24, 2.45) is 0 Å². The molecule has 0 aromatic carbocycles. The summed E-state index contributed by atoms with van der Waals surface area (Å²) < 4.78 is 27.2. The third-order valence-electron chi connectivity index (χ3n) is 2.79. The first-order valence-electron chi connectivity index (χ1n) is 6.74. The fourth-order valence-corrected chi connectivity index (χ4v) is 4.09. The van der Waals surface area contributed by atoms with Crippen LogP contribution in [0.5, 0.6) is 0 Å². The lowest BCUT2D eigenvalue weighted by Crippen LogP contribution is -2.14. The Morgan fingerprint density at radius 3 is 2.81 bits per heavy atom. The molecule has 2 heterocycles. The molecule has 114 valence electrons. The summed E-state index contributed by atoms with van der Waals surface area (Å²) in [6.45, 7) is 5.58. The van der Waals surface area contributed by atoms with Gasteiger partial charge in [-0.25, -0.2) is 8.42 Å². The summed E-state index contributed by atoms with van der Waals surface area (Å²) in [7, 11) is -3.55. The largest absolute Gasteiger partial charge is 0.312 e. The Morgan fingerprint density at radius 1 is 1.29 bits per heavy atom. The van der Waals surface area contributed by atoms with Gasteiger partial charge in [0.05, 0.1) is 16.8 Å². The van der Waals surface area contributed by atoms with E-state index in [0.717, 1.165) is 23.4 Å². The van der Waals surface area contributed by atoms with E-state index in [2.05, 4.69) is 21.9 Å². The summed E-state index contributed by atoms with van der Waals surface area (Å²) in [4.78, 5) is 5.28. The molecule has 0 unspecified atom stereocenters. The molecule has 0 bridgehead atoms. The van der Waals surface area contributed by atoms with Crippen LogP contribution in [0.4, 0.5) is 5.69 Å². The van der Waals surface area contributed by atoms with Gasteiger partial charge >= 0.3 is 0 Å². The predicted octanol–water partition coefficient (Wildman–Crippen LogP) is 2.75. The Balaban J connectivity index is 2.09. The maximum atomic E-state index is 12.3. The van der Waals surface area contributed by atoms with E-state index in [1.165, 1.54) is 17.5 Å². The van der Waals surface area contributed by atoms with Crippen LogP contribution in [0, 0.1) is 6.92 Å². The monoisotopic (exact) mass is 325 g/mol. The Kier molecular flexibility index (Phi) is 5.33. The van der Waals surface area contributed by atoms with Crippen LogP contribution in [0.3, 0.4) is 0 Å². The second-order valence-corrected chi connectivity index (χ2v) is 7.46. The minimum Gasteiger partial charge on any atom is -0.312 e. The molecule has 0 atom stereocenters. The van der Waals surface area contributed by atoms with Crippen molar-refractivity contribution in [1.29, 1.82) is 0 Å². The molecule has 21 heavy (non-hydrogen) atoms. The van der Waals surface area contributed by atoms with Crippen molar-refractivity contribution in [3.05, 3.63) is 40.3 Å². The molecule has 0 fully saturated rings. The van der Waals surface area contributed by atoms with Gasteiger partial charge in [0.15, 0.2) is 0 Å². The SMILES string of the molecule is CCCNCc1cc(S(=O)(=O)Nc2cncc(C)c2)cs1. The molecule has 2 aromatic heterocycles. The van der Waals surface area contributed by atoms with Crippen LogP contribution < -0.4 is 10.0 Å². The number of nitrogens with one attached hydrogen (secondary N) is 2. The van der Waals surface area contributed by atoms with Gasteiger partial charge in [-0.2, -0.15) is 0 Å². The van der Waals surface area contributed by atoms with Crippen LogP contribution in [0.1, 0.15) is 23.8 Å². The van der Waals surface area contributed by atoms with Gasteiger partial charge in [-0.05, 0) is 37.6 Å². The van der Waals surface area contributed by atoms with Crippen molar-refractivity contribution in [3.8, 4) is 0 Å². The molecule has 0 amide bonds. The first-order valence-corrected chi connectivity index (χ1v) is 9.10. The number of hydrogen-bond donors (Lipinski definition) is 2. The average molecular weight is 325 g/mol. The number of pyridine rings is 1. The van der Waals surface area contributed by atoms with Crippen LogP contribution in [0.15, 0.2) is 34.8 Å². The molecule has 5 nitrogen and oxygen atoms in total. The fraction of sp³-hybridized carbons (Fsp3) is 0.357. The molecule has 7 heteroatoms. The molecular weight excluding hydrogens is 306 g/mol. The first kappa shape index (κ1) is 15.9. The average Bonchev–Trinajstić information content (AvgIpc) is 2.88. The number of thiophene rings is 1. The molecule has 0 aliphatic rings. The number of anilines is 1. The summed E-state index contributed by atoms with van der Waals surface area (Å²) in [6, 6.07) is 3.46. The molecular formula is C14H19N3O2S2. The van der Waals surface area contributed by atoms with Crippen LogP contribution in [-0.4, -0.2) is 19.9 Å². The normalized spacial score (nSPS) is 11.5. The van der Waals surface area contributed by atoms with Crippen molar-refractivity contribution in [2.45, 2.75) is 31.7 Å². The maximum absolute atomic E-state index is 12.3. The highest BCUT2D eigenvalue weighted by Gasteiger charge is 2.16. The van der Waals surface area contributed by atoms with Crippen molar-refractivity contribution in [1.82, 2.24) is 10.3 Å². The van der Waals surface area contributed by atoms with Crippen LogP contribution in [0.2, 0.25) is 0 Å². The molecule has 2 rings (SSSR count). The molecule has 2 N–H and O–H groups in total. The highest BCUT2D eigenvalue weighted by molar-refractivity contribution is 7.92. The Morgan fingerprint density at radius 2 is 2.10 bits per heavy atom.